The molecule has 1 saturated heterocycles. The van der Waals surface area contributed by atoms with Gasteiger partial charge in [-0.1, -0.05) is 29.8 Å². The van der Waals surface area contributed by atoms with Crippen molar-refractivity contribution in [2.24, 2.45) is 0 Å². The van der Waals surface area contributed by atoms with Gasteiger partial charge in [-0.15, -0.1) is 0 Å². The quantitative estimate of drug-likeness (QED) is 0.889. The van der Waals surface area contributed by atoms with E-state index in [4.69, 9.17) is 5.73 Å². The average Bonchev–Trinajstić information content (AvgIpc) is 2.93. The molecular weight excluding hydrogens is 238 g/mol. The van der Waals surface area contributed by atoms with Crippen molar-refractivity contribution in [3.05, 3.63) is 29.8 Å². The number of aromatic nitrogens is 3. The highest BCUT2D eigenvalue weighted by molar-refractivity contribution is 5.58. The molecule has 2 N–H and O–H groups in total. The van der Waals surface area contributed by atoms with Crippen molar-refractivity contribution in [3.63, 3.8) is 0 Å². The van der Waals surface area contributed by atoms with E-state index in [0.29, 0.717) is 11.8 Å². The summed E-state index contributed by atoms with van der Waals surface area (Å²) in [6.07, 6.45) is 2.37. The molecule has 5 nitrogen and oxygen atoms in total. The minimum absolute atomic E-state index is 0.285. The maximum Gasteiger partial charge on any atom is 0.230 e. The third-order valence-corrected chi connectivity index (χ3v) is 3.34. The molecule has 0 radical (unpaired) electrons. The molecule has 0 spiro atoms. The normalized spacial score (nSPS) is 14.9. The van der Waals surface area contributed by atoms with E-state index < -0.39 is 0 Å². The van der Waals surface area contributed by atoms with Crippen molar-refractivity contribution >= 4 is 11.9 Å². The Morgan fingerprint density at radius 2 is 1.68 bits per heavy atom. The number of aryl methyl sites for hydroxylation is 1. The van der Waals surface area contributed by atoms with E-state index in [2.05, 4.69) is 26.8 Å². The van der Waals surface area contributed by atoms with Crippen molar-refractivity contribution in [1.29, 1.82) is 0 Å². The molecule has 2 heterocycles. The Kier molecular flexibility index (Phi) is 3.03. The van der Waals surface area contributed by atoms with Gasteiger partial charge in [0.15, 0.2) is 5.82 Å². The van der Waals surface area contributed by atoms with Crippen LogP contribution in [0.1, 0.15) is 18.4 Å². The van der Waals surface area contributed by atoms with Crippen molar-refractivity contribution in [2.45, 2.75) is 19.8 Å². The van der Waals surface area contributed by atoms with Gasteiger partial charge in [0.1, 0.15) is 0 Å². The van der Waals surface area contributed by atoms with Crippen LogP contribution in [0.5, 0.6) is 0 Å². The highest BCUT2D eigenvalue weighted by Gasteiger charge is 2.17. The van der Waals surface area contributed by atoms with Crippen LogP contribution in [-0.4, -0.2) is 28.0 Å². The van der Waals surface area contributed by atoms with Crippen LogP contribution in [0.15, 0.2) is 24.3 Å². The van der Waals surface area contributed by atoms with E-state index in [0.717, 1.165) is 18.7 Å². The van der Waals surface area contributed by atoms with Crippen LogP contribution < -0.4 is 10.6 Å². The largest absolute Gasteiger partial charge is 0.368 e. The standard InChI is InChI=1S/C14H17N5/c1-10-4-6-11(7-5-10)12-16-13(15)18-14(17-12)19-8-2-3-9-19/h4-7H,2-3,8-9H2,1H3,(H2,15,16,17,18). The van der Waals surface area contributed by atoms with Gasteiger partial charge in [-0.2, -0.15) is 15.0 Å². The molecule has 3 rings (SSSR count). The van der Waals surface area contributed by atoms with Gasteiger partial charge in [-0.05, 0) is 19.8 Å². The SMILES string of the molecule is Cc1ccc(-c2nc(N)nc(N3CCCC3)n2)cc1. The Labute approximate surface area is 112 Å². The van der Waals surface area contributed by atoms with Crippen molar-refractivity contribution in [3.8, 4) is 11.4 Å². The average molecular weight is 255 g/mol. The fourth-order valence-electron chi connectivity index (χ4n) is 2.27. The van der Waals surface area contributed by atoms with Gasteiger partial charge in [0.2, 0.25) is 11.9 Å². The Bertz CT molecular complexity index is 573. The molecule has 5 heteroatoms. The number of hydrogen-bond donors (Lipinski definition) is 1. The lowest BCUT2D eigenvalue weighted by Crippen LogP contribution is -2.21. The first-order valence-electron chi connectivity index (χ1n) is 6.56. The molecular formula is C14H17N5. The van der Waals surface area contributed by atoms with E-state index in [9.17, 15) is 0 Å². The second kappa shape index (κ2) is 4.84. The molecule has 1 aliphatic heterocycles. The first-order valence-corrected chi connectivity index (χ1v) is 6.56. The molecule has 0 aliphatic carbocycles. The summed E-state index contributed by atoms with van der Waals surface area (Å²) in [4.78, 5) is 15.2. The van der Waals surface area contributed by atoms with Gasteiger partial charge < -0.3 is 10.6 Å². The van der Waals surface area contributed by atoms with Gasteiger partial charge in [-0.3, -0.25) is 0 Å². The van der Waals surface area contributed by atoms with Gasteiger partial charge in [0.25, 0.3) is 0 Å². The van der Waals surface area contributed by atoms with Crippen LogP contribution in [0.2, 0.25) is 0 Å². The number of nitrogen functional groups attached to an aromatic ring is 1. The molecule has 0 saturated carbocycles. The molecule has 2 aromatic rings. The molecule has 0 amide bonds. The van der Waals surface area contributed by atoms with Crippen LogP contribution in [0.25, 0.3) is 11.4 Å². The predicted octanol–water partition coefficient (Wildman–Crippen LogP) is 2.03. The summed E-state index contributed by atoms with van der Waals surface area (Å²) in [6, 6.07) is 8.12. The first-order chi connectivity index (χ1) is 9.22. The zero-order chi connectivity index (χ0) is 13.2. The number of benzene rings is 1. The highest BCUT2D eigenvalue weighted by atomic mass is 15.3. The van der Waals surface area contributed by atoms with Crippen molar-refractivity contribution in [2.75, 3.05) is 23.7 Å². The van der Waals surface area contributed by atoms with E-state index in [1.807, 2.05) is 24.3 Å². The molecule has 0 atom stereocenters. The fourth-order valence-corrected chi connectivity index (χ4v) is 2.27. The van der Waals surface area contributed by atoms with Gasteiger partial charge in [0.05, 0.1) is 0 Å². The van der Waals surface area contributed by atoms with Crippen LogP contribution >= 0.6 is 0 Å². The van der Waals surface area contributed by atoms with Crippen LogP contribution in [0.3, 0.4) is 0 Å². The lowest BCUT2D eigenvalue weighted by atomic mass is 10.1. The Balaban J connectivity index is 1.99. The zero-order valence-corrected chi connectivity index (χ0v) is 11.0. The lowest BCUT2D eigenvalue weighted by molar-refractivity contribution is 0.887. The summed E-state index contributed by atoms with van der Waals surface area (Å²) in [5, 5.41) is 0. The maximum absolute atomic E-state index is 5.81. The summed E-state index contributed by atoms with van der Waals surface area (Å²) in [6.45, 7) is 4.05. The van der Waals surface area contributed by atoms with Gasteiger partial charge in [-0.25, -0.2) is 0 Å². The molecule has 0 bridgehead atoms. The van der Waals surface area contributed by atoms with Crippen LogP contribution in [0, 0.1) is 6.92 Å². The van der Waals surface area contributed by atoms with Crippen LogP contribution in [-0.2, 0) is 0 Å². The lowest BCUT2D eigenvalue weighted by Gasteiger charge is -2.15. The number of anilines is 2. The van der Waals surface area contributed by atoms with Crippen LogP contribution in [0.4, 0.5) is 11.9 Å². The first kappa shape index (κ1) is 11.9. The third kappa shape index (κ3) is 2.50. The molecule has 1 aromatic heterocycles. The van der Waals surface area contributed by atoms with E-state index >= 15 is 0 Å². The topological polar surface area (TPSA) is 67.9 Å². The maximum atomic E-state index is 5.81. The Morgan fingerprint density at radius 3 is 2.37 bits per heavy atom. The minimum Gasteiger partial charge on any atom is -0.368 e. The molecule has 19 heavy (non-hydrogen) atoms. The summed E-state index contributed by atoms with van der Waals surface area (Å²) < 4.78 is 0. The summed E-state index contributed by atoms with van der Waals surface area (Å²) in [5.74, 6) is 1.63. The second-order valence-corrected chi connectivity index (χ2v) is 4.88. The molecule has 1 aromatic carbocycles. The Hall–Kier alpha value is -2.17. The summed E-state index contributed by atoms with van der Waals surface area (Å²) in [5.41, 5.74) is 7.99. The molecule has 1 fully saturated rings. The van der Waals surface area contributed by atoms with Crippen molar-refractivity contribution in [1.82, 2.24) is 15.0 Å². The number of hydrogen-bond acceptors (Lipinski definition) is 5. The zero-order valence-electron chi connectivity index (χ0n) is 11.0. The van der Waals surface area contributed by atoms with E-state index in [1.54, 1.807) is 0 Å². The van der Waals surface area contributed by atoms with Crippen molar-refractivity contribution < 1.29 is 0 Å². The number of nitrogens with two attached hydrogens (primary N) is 1. The van der Waals surface area contributed by atoms with Gasteiger partial charge >= 0.3 is 0 Å². The Morgan fingerprint density at radius 1 is 1.00 bits per heavy atom. The van der Waals surface area contributed by atoms with E-state index in [-0.39, 0.29) is 5.95 Å². The summed E-state index contributed by atoms with van der Waals surface area (Å²) in [7, 11) is 0. The molecule has 1 aliphatic rings. The fraction of sp³-hybridized carbons (Fsp3) is 0.357. The number of nitrogens with zero attached hydrogens (tertiary/aromatic N) is 4. The smallest absolute Gasteiger partial charge is 0.230 e. The van der Waals surface area contributed by atoms with E-state index in [1.165, 1.54) is 18.4 Å². The minimum atomic E-state index is 0.285. The highest BCUT2D eigenvalue weighted by Crippen LogP contribution is 2.21. The number of rotatable bonds is 2. The second-order valence-electron chi connectivity index (χ2n) is 4.88. The molecule has 98 valence electrons. The summed E-state index contributed by atoms with van der Waals surface area (Å²) >= 11 is 0. The predicted molar refractivity (Wildman–Crippen MR) is 75.9 cm³/mol. The third-order valence-electron chi connectivity index (χ3n) is 3.34. The monoisotopic (exact) mass is 255 g/mol. The van der Waals surface area contributed by atoms with Gasteiger partial charge in [0, 0.05) is 18.7 Å². The molecule has 0 unspecified atom stereocenters.